The fourth-order valence-corrected chi connectivity index (χ4v) is 3.15. The van der Waals surface area contributed by atoms with Crippen molar-refractivity contribution in [3.63, 3.8) is 0 Å². The van der Waals surface area contributed by atoms with Gasteiger partial charge in [0.05, 0.1) is 0 Å². The largest absolute Gasteiger partial charge is 0.432 e. The Bertz CT molecular complexity index is 730. The Hall–Kier alpha value is -2.35. The van der Waals surface area contributed by atoms with E-state index in [9.17, 15) is 18.0 Å². The Morgan fingerprint density at radius 1 is 1.31 bits per heavy atom. The highest BCUT2D eigenvalue weighted by Crippen LogP contribution is 2.27. The predicted octanol–water partition coefficient (Wildman–Crippen LogP) is 2.87. The van der Waals surface area contributed by atoms with E-state index < -0.39 is 17.8 Å². The zero-order chi connectivity index (χ0) is 18.6. The number of hydrogen-bond acceptors (Lipinski definition) is 3. The van der Waals surface area contributed by atoms with Crippen LogP contribution in [0, 0.1) is 0 Å². The number of nitrogens with zero attached hydrogens (tertiary/aromatic N) is 2. The molecule has 1 aromatic carbocycles. The second-order valence-corrected chi connectivity index (χ2v) is 6.51. The number of likely N-dealkylation sites (tertiary alicyclic amines) is 1. The van der Waals surface area contributed by atoms with Gasteiger partial charge in [0.15, 0.2) is 5.69 Å². The van der Waals surface area contributed by atoms with E-state index in [0.29, 0.717) is 6.54 Å². The fourth-order valence-electron chi connectivity index (χ4n) is 3.15. The normalized spacial score (nSPS) is 18.7. The van der Waals surface area contributed by atoms with Gasteiger partial charge in [-0.2, -0.15) is 18.3 Å². The van der Waals surface area contributed by atoms with Crippen LogP contribution in [0.5, 0.6) is 0 Å². The molecule has 2 heterocycles. The topological polar surface area (TPSA) is 61.0 Å². The minimum Gasteiger partial charge on any atom is -0.347 e. The molecule has 2 aromatic rings. The van der Waals surface area contributed by atoms with Gasteiger partial charge in [-0.15, -0.1) is 0 Å². The van der Waals surface area contributed by atoms with E-state index in [4.69, 9.17) is 0 Å². The number of nitrogens with one attached hydrogen (secondary N) is 2. The van der Waals surface area contributed by atoms with Crippen molar-refractivity contribution in [2.45, 2.75) is 31.5 Å². The van der Waals surface area contributed by atoms with Crippen LogP contribution in [-0.4, -0.2) is 46.7 Å². The maximum atomic E-state index is 12.6. The van der Waals surface area contributed by atoms with Gasteiger partial charge in [0.2, 0.25) is 0 Å². The summed E-state index contributed by atoms with van der Waals surface area (Å²) < 4.78 is 37.8. The molecule has 0 bridgehead atoms. The lowest BCUT2D eigenvalue weighted by Gasteiger charge is -2.33. The van der Waals surface area contributed by atoms with Gasteiger partial charge in [-0.3, -0.25) is 9.89 Å². The SMILES string of the molecule is O=C(NC1CCCN(CCc2ccccc2)C1)c1cc(C(F)(F)F)[nH]n1. The second-order valence-electron chi connectivity index (χ2n) is 6.51. The van der Waals surface area contributed by atoms with Gasteiger partial charge in [-0.1, -0.05) is 30.3 Å². The number of H-pyrrole nitrogens is 1. The first-order valence-corrected chi connectivity index (χ1v) is 8.61. The maximum Gasteiger partial charge on any atom is 0.432 e. The van der Waals surface area contributed by atoms with Crippen LogP contribution in [0.3, 0.4) is 0 Å². The number of carbonyl (C=O) groups is 1. The van der Waals surface area contributed by atoms with Crippen molar-refractivity contribution in [3.05, 3.63) is 53.3 Å². The van der Waals surface area contributed by atoms with E-state index in [0.717, 1.165) is 38.4 Å². The molecule has 0 radical (unpaired) electrons. The van der Waals surface area contributed by atoms with Gasteiger partial charge >= 0.3 is 6.18 Å². The predicted molar refractivity (Wildman–Crippen MR) is 90.7 cm³/mol. The number of rotatable bonds is 5. The van der Waals surface area contributed by atoms with Gasteiger partial charge in [0.25, 0.3) is 5.91 Å². The van der Waals surface area contributed by atoms with Crippen LogP contribution in [0.2, 0.25) is 0 Å². The summed E-state index contributed by atoms with van der Waals surface area (Å²) in [4.78, 5) is 14.4. The van der Waals surface area contributed by atoms with Gasteiger partial charge in [-0.25, -0.2) is 0 Å². The lowest BCUT2D eigenvalue weighted by atomic mass is 10.0. The maximum absolute atomic E-state index is 12.6. The molecule has 1 saturated heterocycles. The number of halogens is 3. The summed E-state index contributed by atoms with van der Waals surface area (Å²) in [6.07, 6.45) is -1.86. The van der Waals surface area contributed by atoms with Gasteiger partial charge < -0.3 is 10.2 Å². The Morgan fingerprint density at radius 3 is 2.77 bits per heavy atom. The minimum atomic E-state index is -4.54. The summed E-state index contributed by atoms with van der Waals surface area (Å²) >= 11 is 0. The monoisotopic (exact) mass is 366 g/mol. The summed E-state index contributed by atoms with van der Waals surface area (Å²) in [7, 11) is 0. The summed E-state index contributed by atoms with van der Waals surface area (Å²) in [5.74, 6) is -0.577. The minimum absolute atomic E-state index is 0.0851. The first-order valence-electron chi connectivity index (χ1n) is 8.61. The van der Waals surface area contributed by atoms with E-state index in [-0.39, 0.29) is 11.7 Å². The average Bonchev–Trinajstić information content (AvgIpc) is 3.12. The lowest BCUT2D eigenvalue weighted by molar-refractivity contribution is -0.141. The van der Waals surface area contributed by atoms with Crippen molar-refractivity contribution < 1.29 is 18.0 Å². The number of benzene rings is 1. The molecule has 0 saturated carbocycles. The fraction of sp³-hybridized carbons (Fsp3) is 0.444. The van der Waals surface area contributed by atoms with Crippen LogP contribution in [0.4, 0.5) is 13.2 Å². The highest BCUT2D eigenvalue weighted by atomic mass is 19.4. The molecule has 0 spiro atoms. The highest BCUT2D eigenvalue weighted by molar-refractivity contribution is 5.92. The van der Waals surface area contributed by atoms with Crippen LogP contribution < -0.4 is 5.32 Å². The Kier molecular flexibility index (Phi) is 5.61. The summed E-state index contributed by atoms with van der Waals surface area (Å²) in [5.41, 5.74) is 0.00405. The summed E-state index contributed by atoms with van der Waals surface area (Å²) in [6, 6.07) is 10.8. The first-order chi connectivity index (χ1) is 12.4. The molecule has 1 fully saturated rings. The smallest absolute Gasteiger partial charge is 0.347 e. The standard InChI is InChI=1S/C18H21F3N4O/c19-18(20,21)16-11-15(23-24-16)17(26)22-14-7-4-9-25(12-14)10-8-13-5-2-1-3-6-13/h1-3,5-6,11,14H,4,7-10,12H2,(H,22,26)(H,23,24). The molecule has 1 aliphatic rings. The van der Waals surface area contributed by atoms with Crippen molar-refractivity contribution in [2.24, 2.45) is 0 Å². The first kappa shape index (κ1) is 18.4. The van der Waals surface area contributed by atoms with Gasteiger partial charge in [-0.05, 0) is 31.4 Å². The Morgan fingerprint density at radius 2 is 2.08 bits per heavy atom. The molecule has 3 rings (SSSR count). The molecule has 1 aliphatic heterocycles. The quantitative estimate of drug-likeness (QED) is 0.855. The van der Waals surface area contributed by atoms with Crippen LogP contribution in [0.15, 0.2) is 36.4 Å². The van der Waals surface area contributed by atoms with E-state index in [1.54, 1.807) is 0 Å². The number of aromatic amines is 1. The molecular formula is C18H21F3N4O. The number of alkyl halides is 3. The zero-order valence-electron chi connectivity index (χ0n) is 14.2. The number of piperidine rings is 1. The third kappa shape index (κ3) is 4.85. The molecule has 1 atom stereocenters. The molecule has 8 heteroatoms. The van der Waals surface area contributed by atoms with Crippen LogP contribution in [0.25, 0.3) is 0 Å². The van der Waals surface area contributed by atoms with Crippen LogP contribution in [0.1, 0.15) is 34.6 Å². The Balaban J connectivity index is 1.51. The van der Waals surface area contributed by atoms with E-state index >= 15 is 0 Å². The second kappa shape index (κ2) is 7.90. The molecule has 1 unspecified atom stereocenters. The van der Waals surface area contributed by atoms with Crippen molar-refractivity contribution in [1.82, 2.24) is 20.4 Å². The average molecular weight is 366 g/mol. The third-order valence-electron chi connectivity index (χ3n) is 4.52. The van der Waals surface area contributed by atoms with Crippen molar-refractivity contribution in [3.8, 4) is 0 Å². The lowest BCUT2D eigenvalue weighted by Crippen LogP contribution is -2.48. The van der Waals surface area contributed by atoms with Gasteiger partial charge in [0, 0.05) is 25.2 Å². The zero-order valence-corrected chi connectivity index (χ0v) is 14.2. The van der Waals surface area contributed by atoms with E-state index in [1.807, 2.05) is 23.3 Å². The molecule has 1 aromatic heterocycles. The van der Waals surface area contributed by atoms with Crippen LogP contribution in [-0.2, 0) is 12.6 Å². The number of carbonyl (C=O) groups excluding carboxylic acids is 1. The number of amides is 1. The molecule has 140 valence electrons. The van der Waals surface area contributed by atoms with Crippen molar-refractivity contribution in [2.75, 3.05) is 19.6 Å². The molecule has 1 amide bonds. The highest BCUT2D eigenvalue weighted by Gasteiger charge is 2.34. The molecule has 0 aliphatic carbocycles. The summed E-state index contributed by atoms with van der Waals surface area (Å²) in [6.45, 7) is 2.53. The van der Waals surface area contributed by atoms with Crippen molar-refractivity contribution >= 4 is 5.91 Å². The van der Waals surface area contributed by atoms with Crippen molar-refractivity contribution in [1.29, 1.82) is 0 Å². The molecule has 26 heavy (non-hydrogen) atoms. The number of hydrogen-bond donors (Lipinski definition) is 2. The molecule has 5 nitrogen and oxygen atoms in total. The van der Waals surface area contributed by atoms with Crippen LogP contribution >= 0.6 is 0 Å². The molecule has 2 N–H and O–H groups in total. The number of aromatic nitrogens is 2. The molecular weight excluding hydrogens is 345 g/mol. The Labute approximate surface area is 149 Å². The van der Waals surface area contributed by atoms with E-state index in [1.165, 1.54) is 5.56 Å². The van der Waals surface area contributed by atoms with Gasteiger partial charge in [0.1, 0.15) is 5.69 Å². The third-order valence-corrected chi connectivity index (χ3v) is 4.52. The van der Waals surface area contributed by atoms with E-state index in [2.05, 4.69) is 27.4 Å². The summed E-state index contributed by atoms with van der Waals surface area (Å²) in [5, 5.41) is 8.13.